The predicted molar refractivity (Wildman–Crippen MR) is 56.4 cm³/mol. The van der Waals surface area contributed by atoms with Crippen LogP contribution in [0.5, 0.6) is 0 Å². The maximum atomic E-state index is 12.6. The molecule has 2 rings (SSSR count). The fourth-order valence-electron chi connectivity index (χ4n) is 1.95. The molecule has 0 amide bonds. The molecule has 0 radical (unpaired) electrons. The van der Waals surface area contributed by atoms with Gasteiger partial charge in [-0.3, -0.25) is 0 Å². The van der Waals surface area contributed by atoms with Gasteiger partial charge in [0.15, 0.2) is 0 Å². The van der Waals surface area contributed by atoms with Crippen LogP contribution >= 0.6 is 11.6 Å². The van der Waals surface area contributed by atoms with Gasteiger partial charge in [-0.05, 0) is 43.1 Å². The maximum Gasteiger partial charge on any atom is 0.416 e. The summed E-state index contributed by atoms with van der Waals surface area (Å²) in [5, 5.41) is 3.29. The van der Waals surface area contributed by atoms with Crippen molar-refractivity contribution in [3.63, 3.8) is 0 Å². The van der Waals surface area contributed by atoms with Crippen molar-refractivity contribution in [2.45, 2.75) is 25.1 Å². The summed E-state index contributed by atoms with van der Waals surface area (Å²) in [7, 11) is 0. The smallest absolute Gasteiger partial charge is 0.310 e. The lowest BCUT2D eigenvalue weighted by Gasteiger charge is -2.14. The second kappa shape index (κ2) is 4.26. The lowest BCUT2D eigenvalue weighted by molar-refractivity contribution is -0.137. The third-order valence-electron chi connectivity index (χ3n) is 2.71. The van der Waals surface area contributed by atoms with Gasteiger partial charge in [-0.1, -0.05) is 11.6 Å². The molecule has 1 heterocycles. The van der Waals surface area contributed by atoms with Gasteiger partial charge in [0.2, 0.25) is 0 Å². The highest BCUT2D eigenvalue weighted by atomic mass is 35.5. The first-order chi connectivity index (χ1) is 7.47. The Hall–Kier alpha value is -0.740. The van der Waals surface area contributed by atoms with Crippen molar-refractivity contribution >= 4 is 11.6 Å². The van der Waals surface area contributed by atoms with Crippen LogP contribution in [0.25, 0.3) is 0 Å². The summed E-state index contributed by atoms with van der Waals surface area (Å²) in [6.07, 6.45) is -2.49. The third kappa shape index (κ3) is 2.50. The molecule has 1 atom stereocenters. The minimum atomic E-state index is -4.34. The molecule has 5 heteroatoms. The SMILES string of the molecule is FC(F)(F)c1cc(Cl)cc(C2CCCN2)c1. The fraction of sp³-hybridized carbons (Fsp3) is 0.455. The van der Waals surface area contributed by atoms with Crippen LogP contribution in [0.2, 0.25) is 5.02 Å². The van der Waals surface area contributed by atoms with E-state index in [4.69, 9.17) is 11.6 Å². The number of alkyl halides is 3. The molecule has 0 bridgehead atoms. The summed E-state index contributed by atoms with van der Waals surface area (Å²) in [6.45, 7) is 0.846. The average molecular weight is 250 g/mol. The maximum absolute atomic E-state index is 12.6. The number of benzene rings is 1. The van der Waals surface area contributed by atoms with Crippen LogP contribution in [-0.2, 0) is 6.18 Å². The van der Waals surface area contributed by atoms with Gasteiger partial charge < -0.3 is 5.32 Å². The first kappa shape index (κ1) is 11.7. The summed E-state index contributed by atoms with van der Waals surface area (Å²) in [5.41, 5.74) is -0.0546. The van der Waals surface area contributed by atoms with Crippen LogP contribution < -0.4 is 5.32 Å². The molecular formula is C11H11ClF3N. The Labute approximate surface area is 96.6 Å². The van der Waals surface area contributed by atoms with E-state index in [1.165, 1.54) is 6.07 Å². The monoisotopic (exact) mass is 249 g/mol. The predicted octanol–water partition coefficient (Wildman–Crippen LogP) is 3.78. The van der Waals surface area contributed by atoms with Crippen LogP contribution in [0.15, 0.2) is 18.2 Å². The Balaban J connectivity index is 2.35. The zero-order valence-electron chi connectivity index (χ0n) is 8.44. The van der Waals surface area contributed by atoms with Crippen LogP contribution in [0.4, 0.5) is 13.2 Å². The van der Waals surface area contributed by atoms with Crippen LogP contribution in [0.3, 0.4) is 0 Å². The molecule has 1 aliphatic rings. The molecule has 16 heavy (non-hydrogen) atoms. The molecule has 0 spiro atoms. The Morgan fingerprint density at radius 1 is 1.25 bits per heavy atom. The molecule has 0 saturated carbocycles. The van der Waals surface area contributed by atoms with E-state index in [0.717, 1.165) is 25.5 Å². The topological polar surface area (TPSA) is 12.0 Å². The van der Waals surface area contributed by atoms with Crippen molar-refractivity contribution in [3.05, 3.63) is 34.3 Å². The summed E-state index contributed by atoms with van der Waals surface area (Å²) in [6, 6.07) is 3.73. The molecule has 0 aliphatic carbocycles. The van der Waals surface area contributed by atoms with E-state index in [1.54, 1.807) is 6.07 Å². The van der Waals surface area contributed by atoms with Crippen LogP contribution in [-0.4, -0.2) is 6.54 Å². The molecule has 1 aliphatic heterocycles. The lowest BCUT2D eigenvalue weighted by Crippen LogP contribution is -2.14. The van der Waals surface area contributed by atoms with Gasteiger partial charge in [0.25, 0.3) is 0 Å². The summed E-state index contributed by atoms with van der Waals surface area (Å²) in [5.74, 6) is 0. The van der Waals surface area contributed by atoms with Gasteiger partial charge in [-0.2, -0.15) is 13.2 Å². The molecular weight excluding hydrogens is 239 g/mol. The van der Waals surface area contributed by atoms with E-state index in [2.05, 4.69) is 5.32 Å². The standard InChI is InChI=1S/C11H11ClF3N/c12-9-5-7(10-2-1-3-16-10)4-8(6-9)11(13,14)15/h4-6,10,16H,1-3H2. The minimum absolute atomic E-state index is 0.000185. The second-order valence-corrected chi connectivity index (χ2v) is 4.36. The third-order valence-corrected chi connectivity index (χ3v) is 2.93. The molecule has 1 aromatic carbocycles. The van der Waals surface area contributed by atoms with Gasteiger partial charge in [0, 0.05) is 11.1 Å². The van der Waals surface area contributed by atoms with E-state index < -0.39 is 11.7 Å². The molecule has 1 fully saturated rings. The molecule has 1 aromatic rings. The van der Waals surface area contributed by atoms with Crippen molar-refractivity contribution in [2.24, 2.45) is 0 Å². The van der Waals surface area contributed by atoms with Crippen LogP contribution in [0, 0.1) is 0 Å². The second-order valence-electron chi connectivity index (χ2n) is 3.92. The average Bonchev–Trinajstić information content (AvgIpc) is 2.68. The Bertz CT molecular complexity index is 383. The zero-order chi connectivity index (χ0) is 11.8. The molecule has 0 aromatic heterocycles. The van der Waals surface area contributed by atoms with Crippen molar-refractivity contribution < 1.29 is 13.2 Å². The number of rotatable bonds is 1. The molecule has 1 nitrogen and oxygen atoms in total. The van der Waals surface area contributed by atoms with Gasteiger partial charge in [0.1, 0.15) is 0 Å². The molecule has 1 unspecified atom stereocenters. The first-order valence-electron chi connectivity index (χ1n) is 5.08. The first-order valence-corrected chi connectivity index (χ1v) is 5.46. The molecule has 1 saturated heterocycles. The van der Waals surface area contributed by atoms with Crippen LogP contribution in [0.1, 0.15) is 30.0 Å². The lowest BCUT2D eigenvalue weighted by atomic mass is 10.0. The number of halogens is 4. The molecule has 88 valence electrons. The van der Waals surface area contributed by atoms with Crippen molar-refractivity contribution in [3.8, 4) is 0 Å². The van der Waals surface area contributed by atoms with E-state index in [9.17, 15) is 13.2 Å². The van der Waals surface area contributed by atoms with E-state index in [1.807, 2.05) is 0 Å². The van der Waals surface area contributed by atoms with Crippen molar-refractivity contribution in [1.29, 1.82) is 0 Å². The minimum Gasteiger partial charge on any atom is -0.310 e. The highest BCUT2D eigenvalue weighted by Crippen LogP contribution is 2.34. The Kier molecular flexibility index (Phi) is 3.13. The molecule has 1 N–H and O–H groups in total. The van der Waals surface area contributed by atoms with Crippen molar-refractivity contribution in [1.82, 2.24) is 5.32 Å². The summed E-state index contributed by atoms with van der Waals surface area (Å²) >= 11 is 5.71. The fourth-order valence-corrected chi connectivity index (χ4v) is 2.19. The highest BCUT2D eigenvalue weighted by molar-refractivity contribution is 6.30. The van der Waals surface area contributed by atoms with Gasteiger partial charge in [0.05, 0.1) is 5.56 Å². The van der Waals surface area contributed by atoms with Crippen molar-refractivity contribution in [2.75, 3.05) is 6.54 Å². The van der Waals surface area contributed by atoms with Gasteiger partial charge >= 0.3 is 6.18 Å². The highest BCUT2D eigenvalue weighted by Gasteiger charge is 2.32. The number of nitrogens with one attached hydrogen (secondary N) is 1. The largest absolute Gasteiger partial charge is 0.416 e. The Morgan fingerprint density at radius 3 is 2.56 bits per heavy atom. The normalized spacial score (nSPS) is 21.4. The number of hydrogen-bond donors (Lipinski definition) is 1. The zero-order valence-corrected chi connectivity index (χ0v) is 9.20. The quantitative estimate of drug-likeness (QED) is 0.799. The Morgan fingerprint density at radius 2 is 2.00 bits per heavy atom. The number of hydrogen-bond acceptors (Lipinski definition) is 1. The summed E-state index contributed by atoms with van der Waals surface area (Å²) < 4.78 is 37.7. The van der Waals surface area contributed by atoms with Gasteiger partial charge in [-0.15, -0.1) is 0 Å². The van der Waals surface area contributed by atoms with E-state index in [0.29, 0.717) is 5.56 Å². The van der Waals surface area contributed by atoms with E-state index in [-0.39, 0.29) is 11.1 Å². The summed E-state index contributed by atoms with van der Waals surface area (Å²) in [4.78, 5) is 0. The van der Waals surface area contributed by atoms with E-state index >= 15 is 0 Å². The van der Waals surface area contributed by atoms with Gasteiger partial charge in [-0.25, -0.2) is 0 Å².